The van der Waals surface area contributed by atoms with Crippen LogP contribution in [0.3, 0.4) is 0 Å². The summed E-state index contributed by atoms with van der Waals surface area (Å²) in [6, 6.07) is 0. The molecule has 2 saturated carbocycles. The average molecular weight is 601 g/mol. The predicted molar refractivity (Wildman–Crippen MR) is 183 cm³/mol. The van der Waals surface area contributed by atoms with Crippen LogP contribution in [0.1, 0.15) is 94.9 Å². The largest absolute Gasteiger partial charge is 0.393 e. The average Bonchev–Trinajstić information content (AvgIpc) is 3.73. The first-order chi connectivity index (χ1) is 20.4. The lowest BCUT2D eigenvalue weighted by molar-refractivity contribution is 0.0510. The molecular formula is C40H56O4. The van der Waals surface area contributed by atoms with E-state index in [-0.39, 0.29) is 45.4 Å². The van der Waals surface area contributed by atoms with Crippen molar-refractivity contribution < 1.29 is 19.7 Å². The van der Waals surface area contributed by atoms with Gasteiger partial charge in [-0.2, -0.15) is 0 Å². The molecule has 240 valence electrons. The molecular weight excluding hydrogens is 544 g/mol. The van der Waals surface area contributed by atoms with Crippen molar-refractivity contribution in [1.29, 1.82) is 0 Å². The lowest BCUT2D eigenvalue weighted by Gasteiger charge is -2.39. The second-order valence-corrected chi connectivity index (χ2v) is 15.4. The molecule has 0 bridgehead atoms. The molecule has 0 aromatic rings. The van der Waals surface area contributed by atoms with Gasteiger partial charge in [-0.05, 0) is 66.5 Å². The zero-order valence-corrected chi connectivity index (χ0v) is 28.8. The molecule has 2 aliphatic heterocycles. The van der Waals surface area contributed by atoms with Crippen LogP contribution in [0, 0.1) is 10.8 Å². The minimum atomic E-state index is -0.294. The second kappa shape index (κ2) is 12.4. The van der Waals surface area contributed by atoms with E-state index >= 15 is 0 Å². The van der Waals surface area contributed by atoms with E-state index in [1.165, 1.54) is 22.3 Å². The zero-order chi connectivity index (χ0) is 32.6. The molecule has 4 aliphatic rings. The third-order valence-corrected chi connectivity index (χ3v) is 10.4. The minimum absolute atomic E-state index is 0.0969. The third kappa shape index (κ3) is 6.84. The zero-order valence-electron chi connectivity index (χ0n) is 28.8. The lowest BCUT2D eigenvalue weighted by Crippen LogP contribution is -2.46. The standard InChI is InChI=1S/C40H56O4/c1-29(17-13-19-31(3)21-23-39-35(5,6)25-33(41)27-37(39,9)43-39)15-11-12-16-30(2)18-14-20-32(4)22-24-40-36(7,8)26-34(42)28-38(40,10)44-40/h11-24,33-34,41-42H,25-28H2,1-10H3/b12-11+,17-13+,18-14?,23-21+,24-22?,29-15+,30-16?,31-19+,32-20?/t33-,34-,37+,38+,39-,40-/m0/s1. The van der Waals surface area contributed by atoms with Crippen LogP contribution in [0.4, 0.5) is 0 Å². The van der Waals surface area contributed by atoms with E-state index in [1.807, 2.05) is 0 Å². The van der Waals surface area contributed by atoms with Gasteiger partial charge in [0.05, 0.1) is 12.2 Å². The summed E-state index contributed by atoms with van der Waals surface area (Å²) in [5, 5.41) is 20.5. The summed E-state index contributed by atoms with van der Waals surface area (Å²) < 4.78 is 12.5. The van der Waals surface area contributed by atoms with Crippen molar-refractivity contribution >= 4 is 0 Å². The van der Waals surface area contributed by atoms with E-state index < -0.39 is 0 Å². The Kier molecular flexibility index (Phi) is 9.66. The van der Waals surface area contributed by atoms with Crippen LogP contribution in [-0.4, -0.2) is 44.8 Å². The highest BCUT2D eigenvalue weighted by Gasteiger charge is 2.75. The summed E-state index contributed by atoms with van der Waals surface area (Å²) in [7, 11) is 0. The first kappa shape index (κ1) is 34.4. The van der Waals surface area contributed by atoms with E-state index in [0.717, 1.165) is 12.8 Å². The number of hydrogen-bond acceptors (Lipinski definition) is 4. The van der Waals surface area contributed by atoms with Crippen LogP contribution in [0.15, 0.2) is 107 Å². The van der Waals surface area contributed by atoms with Gasteiger partial charge in [0.1, 0.15) is 22.4 Å². The fourth-order valence-corrected chi connectivity index (χ4v) is 7.99. The van der Waals surface area contributed by atoms with Crippen LogP contribution in [-0.2, 0) is 9.47 Å². The smallest absolute Gasteiger partial charge is 0.121 e. The normalized spacial score (nSPS) is 39.2. The molecule has 4 heteroatoms. The van der Waals surface area contributed by atoms with E-state index in [4.69, 9.17) is 9.47 Å². The van der Waals surface area contributed by atoms with Gasteiger partial charge in [0.2, 0.25) is 0 Å². The van der Waals surface area contributed by atoms with Gasteiger partial charge in [0.15, 0.2) is 0 Å². The quantitative estimate of drug-likeness (QED) is 0.194. The molecule has 2 heterocycles. The van der Waals surface area contributed by atoms with Crippen molar-refractivity contribution in [1.82, 2.24) is 0 Å². The van der Waals surface area contributed by atoms with Gasteiger partial charge >= 0.3 is 0 Å². The van der Waals surface area contributed by atoms with Crippen LogP contribution < -0.4 is 0 Å². The fourth-order valence-electron chi connectivity index (χ4n) is 7.99. The molecule has 2 saturated heterocycles. The Morgan fingerprint density at radius 2 is 0.818 bits per heavy atom. The highest BCUT2D eigenvalue weighted by Crippen LogP contribution is 2.67. The van der Waals surface area contributed by atoms with Crippen molar-refractivity contribution in [3.63, 3.8) is 0 Å². The van der Waals surface area contributed by atoms with Crippen molar-refractivity contribution in [3.05, 3.63) is 107 Å². The van der Waals surface area contributed by atoms with Crippen molar-refractivity contribution in [3.8, 4) is 0 Å². The maximum atomic E-state index is 10.3. The van der Waals surface area contributed by atoms with Crippen LogP contribution in [0.5, 0.6) is 0 Å². The van der Waals surface area contributed by atoms with E-state index in [0.29, 0.717) is 12.8 Å². The SMILES string of the molecule is CC(C=C[C@@]12O[C@]1(C)C[C@@H](O)CC2(C)C)=CC=CC(C)=C/C=C/C=C(C)/C=C/C=C(C)/C=C/[C@@]12O[C@]1(C)C[C@@H](O)CC2(C)C. The highest BCUT2D eigenvalue weighted by atomic mass is 16.6. The summed E-state index contributed by atoms with van der Waals surface area (Å²) in [6.07, 6.45) is 32.0. The molecule has 2 N–H and O–H groups in total. The highest BCUT2D eigenvalue weighted by molar-refractivity contribution is 5.38. The molecule has 0 amide bonds. The number of epoxide rings is 2. The fraction of sp³-hybridized carbons (Fsp3) is 0.550. The van der Waals surface area contributed by atoms with Crippen molar-refractivity contribution in [2.24, 2.45) is 10.8 Å². The first-order valence-electron chi connectivity index (χ1n) is 16.3. The number of rotatable bonds is 10. The molecule has 4 fully saturated rings. The van der Waals surface area contributed by atoms with E-state index in [9.17, 15) is 10.2 Å². The van der Waals surface area contributed by atoms with Gasteiger partial charge in [-0.25, -0.2) is 0 Å². The summed E-state index contributed by atoms with van der Waals surface area (Å²) in [5.74, 6) is 0. The molecule has 6 atom stereocenters. The maximum absolute atomic E-state index is 10.3. The van der Waals surface area contributed by atoms with Crippen LogP contribution in [0.2, 0.25) is 0 Å². The minimum Gasteiger partial charge on any atom is -0.393 e. The Labute approximate surface area is 267 Å². The summed E-state index contributed by atoms with van der Waals surface area (Å²) in [6.45, 7) is 21.4. The van der Waals surface area contributed by atoms with Gasteiger partial charge in [-0.3, -0.25) is 0 Å². The van der Waals surface area contributed by atoms with E-state index in [2.05, 4.69) is 154 Å². The number of fused-ring (bicyclic) bond motifs is 2. The Bertz CT molecular complexity index is 1270. The van der Waals surface area contributed by atoms with Gasteiger partial charge in [-0.15, -0.1) is 0 Å². The second-order valence-electron chi connectivity index (χ2n) is 15.4. The van der Waals surface area contributed by atoms with Gasteiger partial charge in [0, 0.05) is 23.7 Å². The molecule has 0 radical (unpaired) electrons. The summed E-state index contributed by atoms with van der Waals surface area (Å²) in [4.78, 5) is 0. The van der Waals surface area contributed by atoms with Gasteiger partial charge in [-0.1, -0.05) is 123 Å². The van der Waals surface area contributed by atoms with E-state index in [1.54, 1.807) is 0 Å². The van der Waals surface area contributed by atoms with Crippen LogP contribution in [0.25, 0.3) is 0 Å². The third-order valence-electron chi connectivity index (χ3n) is 10.4. The number of aliphatic hydroxyl groups excluding tert-OH is 2. The Morgan fingerprint density at radius 1 is 0.500 bits per heavy atom. The van der Waals surface area contributed by atoms with Crippen molar-refractivity contribution in [2.45, 2.75) is 130 Å². The predicted octanol–water partition coefficient (Wildman–Crippen LogP) is 8.97. The van der Waals surface area contributed by atoms with Crippen molar-refractivity contribution in [2.75, 3.05) is 0 Å². The number of aliphatic hydroxyl groups is 2. The maximum Gasteiger partial charge on any atom is 0.121 e. The molecule has 0 spiro atoms. The molecule has 2 aliphatic carbocycles. The molecule has 44 heavy (non-hydrogen) atoms. The molecule has 0 aromatic carbocycles. The number of hydrogen-bond donors (Lipinski definition) is 2. The topological polar surface area (TPSA) is 65.5 Å². The Balaban J connectivity index is 1.25. The molecule has 0 unspecified atom stereocenters. The monoisotopic (exact) mass is 600 g/mol. The summed E-state index contributed by atoms with van der Waals surface area (Å²) in [5.41, 5.74) is 3.36. The summed E-state index contributed by atoms with van der Waals surface area (Å²) >= 11 is 0. The Hall–Kier alpha value is -2.50. The number of allylic oxidation sites excluding steroid dienone is 16. The van der Waals surface area contributed by atoms with Crippen LogP contribution >= 0.6 is 0 Å². The Morgan fingerprint density at radius 3 is 1.16 bits per heavy atom. The lowest BCUT2D eigenvalue weighted by atomic mass is 9.63. The number of ether oxygens (including phenoxy) is 2. The molecule has 4 nitrogen and oxygen atoms in total. The van der Waals surface area contributed by atoms with Gasteiger partial charge in [0.25, 0.3) is 0 Å². The van der Waals surface area contributed by atoms with Gasteiger partial charge < -0.3 is 19.7 Å². The first-order valence-corrected chi connectivity index (χ1v) is 16.3. The molecule has 4 rings (SSSR count). The molecule has 0 aromatic heterocycles.